The molecule has 32 heavy (non-hydrogen) atoms. The summed E-state index contributed by atoms with van der Waals surface area (Å²) < 4.78 is 0. The van der Waals surface area contributed by atoms with E-state index in [-0.39, 0.29) is 12.3 Å². The van der Waals surface area contributed by atoms with E-state index in [1.165, 1.54) is 0 Å². The first kappa shape index (κ1) is 28.7. The molecule has 0 aromatic rings. The zero-order valence-electron chi connectivity index (χ0n) is 17.9. The van der Waals surface area contributed by atoms with Crippen LogP contribution in [0.2, 0.25) is 0 Å². The lowest BCUT2D eigenvalue weighted by Crippen LogP contribution is -2.58. The maximum atomic E-state index is 12.7. The minimum absolute atomic E-state index is 0.0689. The molecule has 0 saturated heterocycles. The van der Waals surface area contributed by atoms with Crippen LogP contribution in [0, 0.1) is 5.92 Å². The van der Waals surface area contributed by atoms with Crippen molar-refractivity contribution < 1.29 is 44.1 Å². The Morgan fingerprint density at radius 1 is 0.844 bits per heavy atom. The van der Waals surface area contributed by atoms with Crippen LogP contribution >= 0.6 is 0 Å². The Balaban J connectivity index is 5.49. The summed E-state index contributed by atoms with van der Waals surface area (Å²) >= 11 is 0. The molecule has 14 heteroatoms. The third kappa shape index (κ3) is 11.2. The first-order valence-corrected chi connectivity index (χ1v) is 9.78. The Morgan fingerprint density at radius 2 is 1.34 bits per heavy atom. The van der Waals surface area contributed by atoms with E-state index in [9.17, 15) is 28.8 Å². The van der Waals surface area contributed by atoms with Crippen LogP contribution in [0.3, 0.4) is 0 Å². The van der Waals surface area contributed by atoms with Crippen molar-refractivity contribution in [1.29, 1.82) is 0 Å². The lowest BCUT2D eigenvalue weighted by atomic mass is 10.0. The van der Waals surface area contributed by atoms with Gasteiger partial charge in [-0.1, -0.05) is 13.8 Å². The van der Waals surface area contributed by atoms with Crippen LogP contribution in [0.5, 0.6) is 0 Å². The summed E-state index contributed by atoms with van der Waals surface area (Å²) in [6, 6.07) is -5.72. The van der Waals surface area contributed by atoms with Gasteiger partial charge in [0.15, 0.2) is 0 Å². The van der Waals surface area contributed by atoms with Gasteiger partial charge in [0.25, 0.3) is 0 Å². The first-order chi connectivity index (χ1) is 14.8. The number of carbonyl (C=O) groups is 6. The second-order valence-electron chi connectivity index (χ2n) is 7.54. The van der Waals surface area contributed by atoms with E-state index < -0.39 is 79.2 Å². The summed E-state index contributed by atoms with van der Waals surface area (Å²) in [5, 5.41) is 33.3. The van der Waals surface area contributed by atoms with Crippen molar-refractivity contribution in [2.45, 2.75) is 63.7 Å². The number of nitrogens with two attached hydrogens (primary N) is 2. The van der Waals surface area contributed by atoms with Gasteiger partial charge in [-0.3, -0.25) is 24.0 Å². The van der Waals surface area contributed by atoms with Gasteiger partial charge in [-0.2, -0.15) is 0 Å². The number of amides is 4. The first-order valence-electron chi connectivity index (χ1n) is 9.78. The minimum atomic E-state index is -1.70. The largest absolute Gasteiger partial charge is 0.481 e. The molecule has 0 saturated carbocycles. The highest BCUT2D eigenvalue weighted by molar-refractivity contribution is 5.96. The molecule has 10 N–H and O–H groups in total. The lowest BCUT2D eigenvalue weighted by molar-refractivity contribution is -0.143. The standard InChI is InChI=1S/C18H31N5O9/c1-8(2)5-9(19)15(28)21-10(3-4-14(26)27)16(29)22-11(6-13(20)25)17(30)23-12(7-24)18(31)32/h8-12,24H,3-7,19H2,1-2H3,(H2,20,25)(H,21,28)(H,22,29)(H,23,30)(H,26,27)(H,31,32). The Labute approximate surface area is 184 Å². The topological polar surface area (TPSA) is 251 Å². The molecule has 0 aromatic carbocycles. The molecule has 4 atom stereocenters. The van der Waals surface area contributed by atoms with Crippen LogP contribution in [0.1, 0.15) is 39.5 Å². The Morgan fingerprint density at radius 3 is 1.78 bits per heavy atom. The van der Waals surface area contributed by atoms with Crippen LogP contribution in [0.25, 0.3) is 0 Å². The number of hydrogen-bond donors (Lipinski definition) is 8. The van der Waals surface area contributed by atoms with Gasteiger partial charge in [-0.15, -0.1) is 0 Å². The van der Waals surface area contributed by atoms with Gasteiger partial charge in [0, 0.05) is 6.42 Å². The molecule has 0 rings (SSSR count). The monoisotopic (exact) mass is 461 g/mol. The van der Waals surface area contributed by atoms with Gasteiger partial charge in [0.05, 0.1) is 19.1 Å². The lowest BCUT2D eigenvalue weighted by Gasteiger charge is -2.24. The quantitative estimate of drug-likeness (QED) is 0.120. The number of aliphatic hydroxyl groups excluding tert-OH is 1. The smallest absolute Gasteiger partial charge is 0.328 e. The number of aliphatic carboxylic acids is 2. The average molecular weight is 461 g/mol. The molecule has 0 bridgehead atoms. The number of rotatable bonds is 15. The van der Waals surface area contributed by atoms with Crippen molar-refractivity contribution in [2.24, 2.45) is 17.4 Å². The Kier molecular flexibility index (Phi) is 12.5. The molecular weight excluding hydrogens is 430 g/mol. The van der Waals surface area contributed by atoms with Crippen LogP contribution in [-0.2, 0) is 28.8 Å². The zero-order chi connectivity index (χ0) is 25.0. The molecule has 0 aliphatic carbocycles. The van der Waals surface area contributed by atoms with Gasteiger partial charge in [-0.05, 0) is 18.8 Å². The molecule has 14 nitrogen and oxygen atoms in total. The Bertz CT molecular complexity index is 713. The van der Waals surface area contributed by atoms with Crippen molar-refractivity contribution in [3.63, 3.8) is 0 Å². The molecule has 0 fully saturated rings. The van der Waals surface area contributed by atoms with Gasteiger partial charge < -0.3 is 42.7 Å². The number of primary amides is 1. The van der Waals surface area contributed by atoms with E-state index >= 15 is 0 Å². The predicted molar refractivity (Wildman–Crippen MR) is 109 cm³/mol. The molecular formula is C18H31N5O9. The number of carbonyl (C=O) groups excluding carboxylic acids is 4. The summed E-state index contributed by atoms with van der Waals surface area (Å²) in [5.74, 6) is -6.60. The van der Waals surface area contributed by atoms with Gasteiger partial charge >= 0.3 is 11.9 Å². The number of hydrogen-bond acceptors (Lipinski definition) is 8. The summed E-state index contributed by atoms with van der Waals surface area (Å²) in [7, 11) is 0. The number of carboxylic acids is 2. The van der Waals surface area contributed by atoms with Gasteiger partial charge in [0.2, 0.25) is 23.6 Å². The zero-order valence-corrected chi connectivity index (χ0v) is 17.9. The molecule has 0 spiro atoms. The highest BCUT2D eigenvalue weighted by Crippen LogP contribution is 2.06. The van der Waals surface area contributed by atoms with Crippen molar-refractivity contribution in [2.75, 3.05) is 6.61 Å². The van der Waals surface area contributed by atoms with Crippen LogP contribution < -0.4 is 27.4 Å². The number of nitrogens with one attached hydrogen (secondary N) is 3. The molecule has 182 valence electrons. The highest BCUT2D eigenvalue weighted by atomic mass is 16.4. The fraction of sp³-hybridized carbons (Fsp3) is 0.667. The van der Waals surface area contributed by atoms with Gasteiger partial charge in [-0.25, -0.2) is 4.79 Å². The fourth-order valence-corrected chi connectivity index (χ4v) is 2.57. The van der Waals surface area contributed by atoms with Gasteiger partial charge in [0.1, 0.15) is 18.1 Å². The van der Waals surface area contributed by atoms with Crippen molar-refractivity contribution >= 4 is 35.6 Å². The molecule has 0 heterocycles. The summed E-state index contributed by atoms with van der Waals surface area (Å²) in [6.45, 7) is 2.69. The maximum absolute atomic E-state index is 12.7. The molecule has 4 unspecified atom stereocenters. The number of aliphatic hydroxyl groups is 1. The van der Waals surface area contributed by atoms with E-state index in [1.54, 1.807) is 0 Å². The predicted octanol–water partition coefficient (Wildman–Crippen LogP) is -3.37. The second-order valence-corrected chi connectivity index (χ2v) is 7.54. The second kappa shape index (κ2) is 13.9. The molecule has 0 radical (unpaired) electrons. The molecule has 0 aliphatic rings. The van der Waals surface area contributed by atoms with E-state index in [2.05, 4.69) is 10.6 Å². The third-order valence-corrected chi connectivity index (χ3v) is 4.18. The highest BCUT2D eigenvalue weighted by Gasteiger charge is 2.31. The summed E-state index contributed by atoms with van der Waals surface area (Å²) in [5.41, 5.74) is 10.8. The van der Waals surface area contributed by atoms with E-state index in [4.69, 9.17) is 26.8 Å². The SMILES string of the molecule is CC(C)CC(N)C(=O)NC(CCC(=O)O)C(=O)NC(CC(N)=O)C(=O)NC(CO)C(=O)O. The van der Waals surface area contributed by atoms with Crippen LogP contribution in [0.4, 0.5) is 0 Å². The molecule has 0 aromatic heterocycles. The Hall–Kier alpha value is -3.26. The molecule has 4 amide bonds. The van der Waals surface area contributed by atoms with E-state index in [1.807, 2.05) is 19.2 Å². The normalized spacial score (nSPS) is 14.5. The average Bonchev–Trinajstić information content (AvgIpc) is 2.66. The summed E-state index contributed by atoms with van der Waals surface area (Å²) in [4.78, 5) is 70.5. The number of carboxylic acid groups (broad SMARTS) is 2. The summed E-state index contributed by atoms with van der Waals surface area (Å²) in [6.07, 6.45) is -1.28. The minimum Gasteiger partial charge on any atom is -0.481 e. The fourth-order valence-electron chi connectivity index (χ4n) is 2.57. The van der Waals surface area contributed by atoms with Crippen LogP contribution in [-0.4, -0.2) is 81.7 Å². The van der Waals surface area contributed by atoms with Crippen molar-refractivity contribution in [1.82, 2.24) is 16.0 Å². The van der Waals surface area contributed by atoms with Crippen LogP contribution in [0.15, 0.2) is 0 Å². The van der Waals surface area contributed by atoms with Crippen molar-refractivity contribution in [3.05, 3.63) is 0 Å². The molecule has 0 aliphatic heterocycles. The maximum Gasteiger partial charge on any atom is 0.328 e. The third-order valence-electron chi connectivity index (χ3n) is 4.18. The van der Waals surface area contributed by atoms with Crippen molar-refractivity contribution in [3.8, 4) is 0 Å². The van der Waals surface area contributed by atoms with E-state index in [0.29, 0.717) is 6.42 Å². The van der Waals surface area contributed by atoms with E-state index in [0.717, 1.165) is 0 Å².